The quantitative estimate of drug-likeness (QED) is 0.680. The topological polar surface area (TPSA) is 46.9 Å². The Labute approximate surface area is 142 Å². The van der Waals surface area contributed by atoms with Crippen LogP contribution in [0.4, 0.5) is 0 Å². The first-order valence-corrected chi connectivity index (χ1v) is 8.21. The first-order valence-electron chi connectivity index (χ1n) is 8.21. The van der Waals surface area contributed by atoms with E-state index in [1.807, 2.05) is 54.7 Å². The van der Waals surface area contributed by atoms with E-state index in [2.05, 4.69) is 22.5 Å². The van der Waals surface area contributed by atoms with Crippen LogP contribution in [-0.4, -0.2) is 22.2 Å². The van der Waals surface area contributed by atoms with Crippen LogP contribution < -0.4 is 5.32 Å². The van der Waals surface area contributed by atoms with Gasteiger partial charge in [-0.15, -0.1) is 0 Å². The summed E-state index contributed by atoms with van der Waals surface area (Å²) < 4.78 is 1.79. The molecule has 4 nitrogen and oxygen atoms in total. The molecule has 3 aromatic rings. The second kappa shape index (κ2) is 8.11. The molecule has 0 saturated heterocycles. The van der Waals surface area contributed by atoms with Gasteiger partial charge in [-0.1, -0.05) is 48.5 Å². The first-order chi connectivity index (χ1) is 11.8. The molecular weight excluding hydrogens is 298 g/mol. The summed E-state index contributed by atoms with van der Waals surface area (Å²) in [5, 5.41) is 7.29. The SMILES string of the molecule is O=C(Cc1cnn(-c2ccccc2)c1)NCCCc1ccccc1. The molecule has 1 amide bonds. The lowest BCUT2D eigenvalue weighted by Gasteiger charge is -2.04. The fourth-order valence-electron chi connectivity index (χ4n) is 2.59. The third-order valence-corrected chi connectivity index (χ3v) is 3.83. The minimum absolute atomic E-state index is 0.0377. The fourth-order valence-corrected chi connectivity index (χ4v) is 2.59. The normalized spacial score (nSPS) is 10.5. The molecule has 0 aliphatic heterocycles. The number of rotatable bonds is 7. The molecule has 0 unspecified atom stereocenters. The maximum absolute atomic E-state index is 12.0. The minimum Gasteiger partial charge on any atom is -0.356 e. The van der Waals surface area contributed by atoms with Crippen LogP contribution in [-0.2, 0) is 17.6 Å². The smallest absolute Gasteiger partial charge is 0.224 e. The zero-order chi connectivity index (χ0) is 16.6. The van der Waals surface area contributed by atoms with E-state index < -0.39 is 0 Å². The lowest BCUT2D eigenvalue weighted by Crippen LogP contribution is -2.26. The van der Waals surface area contributed by atoms with Crippen molar-refractivity contribution >= 4 is 5.91 Å². The number of aryl methyl sites for hydroxylation is 1. The highest BCUT2D eigenvalue weighted by Crippen LogP contribution is 2.08. The Kier molecular flexibility index (Phi) is 5.40. The third kappa shape index (κ3) is 4.56. The van der Waals surface area contributed by atoms with E-state index in [-0.39, 0.29) is 5.91 Å². The summed E-state index contributed by atoms with van der Waals surface area (Å²) in [4.78, 5) is 12.0. The van der Waals surface area contributed by atoms with Crippen LogP contribution in [0.2, 0.25) is 0 Å². The molecule has 1 aromatic heterocycles. The maximum atomic E-state index is 12.0. The van der Waals surface area contributed by atoms with Crippen LogP contribution in [0.25, 0.3) is 5.69 Å². The Bertz CT molecular complexity index is 766. The molecule has 4 heteroatoms. The average molecular weight is 319 g/mol. The van der Waals surface area contributed by atoms with Crippen molar-refractivity contribution in [2.45, 2.75) is 19.3 Å². The van der Waals surface area contributed by atoms with Gasteiger partial charge in [0.2, 0.25) is 5.91 Å². The fraction of sp³-hybridized carbons (Fsp3) is 0.200. The van der Waals surface area contributed by atoms with Gasteiger partial charge in [-0.2, -0.15) is 5.10 Å². The van der Waals surface area contributed by atoms with Crippen molar-refractivity contribution in [3.63, 3.8) is 0 Å². The number of nitrogens with one attached hydrogen (secondary N) is 1. The predicted molar refractivity (Wildman–Crippen MR) is 95.0 cm³/mol. The van der Waals surface area contributed by atoms with Crippen LogP contribution in [0.15, 0.2) is 73.1 Å². The standard InChI is InChI=1S/C20H21N3O/c24-20(21-13-7-10-17-8-3-1-4-9-17)14-18-15-22-23(16-18)19-11-5-2-6-12-19/h1-6,8-9,11-12,15-16H,7,10,13-14H2,(H,21,24). The number of benzene rings is 2. The van der Waals surface area contributed by atoms with Crippen LogP contribution >= 0.6 is 0 Å². The molecule has 3 rings (SSSR count). The van der Waals surface area contributed by atoms with E-state index in [4.69, 9.17) is 0 Å². The summed E-state index contributed by atoms with van der Waals surface area (Å²) >= 11 is 0. The molecule has 0 bridgehead atoms. The number of amides is 1. The molecule has 0 saturated carbocycles. The second-order valence-electron chi connectivity index (χ2n) is 5.74. The summed E-state index contributed by atoms with van der Waals surface area (Å²) in [6.07, 6.45) is 5.93. The van der Waals surface area contributed by atoms with E-state index in [0.29, 0.717) is 13.0 Å². The van der Waals surface area contributed by atoms with E-state index >= 15 is 0 Å². The minimum atomic E-state index is 0.0377. The molecular formula is C20H21N3O. The van der Waals surface area contributed by atoms with Gasteiger partial charge in [0.05, 0.1) is 18.3 Å². The number of carbonyl (C=O) groups excluding carboxylic acids is 1. The molecule has 0 spiro atoms. The van der Waals surface area contributed by atoms with Gasteiger partial charge in [0, 0.05) is 12.7 Å². The lowest BCUT2D eigenvalue weighted by atomic mass is 10.1. The van der Waals surface area contributed by atoms with Crippen molar-refractivity contribution in [3.05, 3.63) is 84.2 Å². The van der Waals surface area contributed by atoms with E-state index in [1.165, 1.54) is 5.56 Å². The van der Waals surface area contributed by atoms with E-state index in [9.17, 15) is 4.79 Å². The summed E-state index contributed by atoms with van der Waals surface area (Å²) in [6, 6.07) is 20.2. The number of nitrogens with zero attached hydrogens (tertiary/aromatic N) is 2. The molecule has 2 aromatic carbocycles. The van der Waals surface area contributed by atoms with Crippen LogP contribution in [0.5, 0.6) is 0 Å². The van der Waals surface area contributed by atoms with Crippen LogP contribution in [0, 0.1) is 0 Å². The van der Waals surface area contributed by atoms with Crippen molar-refractivity contribution in [3.8, 4) is 5.69 Å². The molecule has 0 aliphatic rings. The number of hydrogen-bond donors (Lipinski definition) is 1. The molecule has 0 fully saturated rings. The van der Waals surface area contributed by atoms with Crippen molar-refractivity contribution in [1.29, 1.82) is 0 Å². The summed E-state index contributed by atoms with van der Waals surface area (Å²) in [5.41, 5.74) is 3.21. The molecule has 24 heavy (non-hydrogen) atoms. The van der Waals surface area contributed by atoms with Gasteiger partial charge < -0.3 is 5.32 Å². The Balaban J connectivity index is 1.43. The van der Waals surface area contributed by atoms with Gasteiger partial charge in [-0.3, -0.25) is 4.79 Å². The van der Waals surface area contributed by atoms with Crippen molar-refractivity contribution < 1.29 is 4.79 Å². The number of carbonyl (C=O) groups is 1. The Morgan fingerprint density at radius 1 is 0.958 bits per heavy atom. The van der Waals surface area contributed by atoms with Gasteiger partial charge >= 0.3 is 0 Å². The highest BCUT2D eigenvalue weighted by atomic mass is 16.1. The number of aromatic nitrogens is 2. The van der Waals surface area contributed by atoms with Gasteiger partial charge in [0.1, 0.15) is 0 Å². The van der Waals surface area contributed by atoms with Gasteiger partial charge in [0.25, 0.3) is 0 Å². The van der Waals surface area contributed by atoms with E-state index in [1.54, 1.807) is 10.9 Å². The molecule has 1 heterocycles. The largest absolute Gasteiger partial charge is 0.356 e. The highest BCUT2D eigenvalue weighted by Gasteiger charge is 2.06. The highest BCUT2D eigenvalue weighted by molar-refractivity contribution is 5.78. The van der Waals surface area contributed by atoms with Crippen molar-refractivity contribution in [2.24, 2.45) is 0 Å². The zero-order valence-corrected chi connectivity index (χ0v) is 13.6. The molecule has 0 aliphatic carbocycles. The van der Waals surface area contributed by atoms with Crippen LogP contribution in [0.1, 0.15) is 17.5 Å². The van der Waals surface area contributed by atoms with Crippen LogP contribution in [0.3, 0.4) is 0 Å². The van der Waals surface area contributed by atoms with Gasteiger partial charge in [0.15, 0.2) is 0 Å². The molecule has 122 valence electrons. The lowest BCUT2D eigenvalue weighted by molar-refractivity contribution is -0.120. The maximum Gasteiger partial charge on any atom is 0.224 e. The zero-order valence-electron chi connectivity index (χ0n) is 13.6. The molecule has 0 radical (unpaired) electrons. The Morgan fingerprint density at radius 3 is 2.42 bits per heavy atom. The van der Waals surface area contributed by atoms with E-state index in [0.717, 1.165) is 24.1 Å². The Hall–Kier alpha value is -2.88. The number of para-hydroxylation sites is 1. The van der Waals surface area contributed by atoms with Gasteiger partial charge in [-0.05, 0) is 36.1 Å². The average Bonchev–Trinajstić information content (AvgIpc) is 3.09. The second-order valence-corrected chi connectivity index (χ2v) is 5.74. The molecule has 0 atom stereocenters. The monoisotopic (exact) mass is 319 g/mol. The first kappa shape index (κ1) is 16.0. The summed E-state index contributed by atoms with van der Waals surface area (Å²) in [7, 11) is 0. The van der Waals surface area contributed by atoms with Crippen molar-refractivity contribution in [2.75, 3.05) is 6.54 Å². The Morgan fingerprint density at radius 2 is 1.67 bits per heavy atom. The summed E-state index contributed by atoms with van der Waals surface area (Å²) in [6.45, 7) is 0.695. The van der Waals surface area contributed by atoms with Gasteiger partial charge in [-0.25, -0.2) is 4.68 Å². The number of hydrogen-bond acceptors (Lipinski definition) is 2. The third-order valence-electron chi connectivity index (χ3n) is 3.83. The molecule has 1 N–H and O–H groups in total. The predicted octanol–water partition coefficient (Wildman–Crippen LogP) is 3.16. The summed E-state index contributed by atoms with van der Waals surface area (Å²) in [5.74, 6) is 0.0377. The van der Waals surface area contributed by atoms with Crippen molar-refractivity contribution in [1.82, 2.24) is 15.1 Å².